The third-order valence-corrected chi connectivity index (χ3v) is 2.92. The minimum Gasteiger partial charge on any atom is -0.493 e. The lowest BCUT2D eigenvalue weighted by atomic mass is 10.4. The van der Waals surface area contributed by atoms with Gasteiger partial charge in [-0.05, 0) is 12.1 Å². The Bertz CT molecular complexity index is 383. The van der Waals surface area contributed by atoms with E-state index in [1.807, 2.05) is 0 Å². The SMILES string of the molecule is COc1cccnc1N1CC(Br)CC1=O. The Balaban J connectivity index is 2.33. The molecule has 0 bridgehead atoms. The number of hydrogen-bond donors (Lipinski definition) is 0. The molecule has 1 aliphatic rings. The third kappa shape index (κ3) is 1.97. The molecule has 1 fully saturated rings. The van der Waals surface area contributed by atoms with Crippen LogP contribution in [0.4, 0.5) is 5.82 Å². The molecule has 1 amide bonds. The number of anilines is 1. The maximum atomic E-state index is 11.7. The molecule has 0 saturated carbocycles. The first-order valence-electron chi connectivity index (χ1n) is 4.66. The molecule has 1 aromatic rings. The number of carbonyl (C=O) groups excluding carboxylic acids is 1. The summed E-state index contributed by atoms with van der Waals surface area (Å²) in [6, 6.07) is 3.59. The van der Waals surface area contributed by atoms with Crippen LogP contribution in [0.3, 0.4) is 0 Å². The molecular formula is C10H11BrN2O2. The van der Waals surface area contributed by atoms with Crippen molar-refractivity contribution in [2.45, 2.75) is 11.2 Å². The maximum Gasteiger partial charge on any atom is 0.229 e. The van der Waals surface area contributed by atoms with Crippen LogP contribution in [0.5, 0.6) is 5.75 Å². The van der Waals surface area contributed by atoms with Crippen molar-refractivity contribution in [3.8, 4) is 5.75 Å². The number of ether oxygens (including phenoxy) is 1. The number of rotatable bonds is 2. The Kier molecular flexibility index (Phi) is 2.90. The molecule has 80 valence electrons. The number of aromatic nitrogens is 1. The molecule has 1 aliphatic heterocycles. The van der Waals surface area contributed by atoms with Gasteiger partial charge in [-0.2, -0.15) is 0 Å². The van der Waals surface area contributed by atoms with E-state index in [0.29, 0.717) is 24.5 Å². The van der Waals surface area contributed by atoms with Crippen molar-refractivity contribution < 1.29 is 9.53 Å². The Morgan fingerprint density at radius 3 is 3.07 bits per heavy atom. The van der Waals surface area contributed by atoms with Crippen molar-refractivity contribution in [3.63, 3.8) is 0 Å². The lowest BCUT2D eigenvalue weighted by Gasteiger charge is -2.17. The Labute approximate surface area is 96.4 Å². The van der Waals surface area contributed by atoms with Crippen molar-refractivity contribution in [2.24, 2.45) is 0 Å². The summed E-state index contributed by atoms with van der Waals surface area (Å²) < 4.78 is 5.17. The first kappa shape index (κ1) is 10.4. The molecular weight excluding hydrogens is 260 g/mol. The van der Waals surface area contributed by atoms with Gasteiger partial charge >= 0.3 is 0 Å². The first-order valence-corrected chi connectivity index (χ1v) is 5.57. The minimum atomic E-state index is 0.0777. The average molecular weight is 271 g/mol. The number of alkyl halides is 1. The summed E-state index contributed by atoms with van der Waals surface area (Å²) in [5.41, 5.74) is 0. The molecule has 1 aromatic heterocycles. The van der Waals surface area contributed by atoms with E-state index < -0.39 is 0 Å². The standard InChI is InChI=1S/C10H11BrN2O2/c1-15-8-3-2-4-12-10(8)13-6-7(11)5-9(13)14/h2-4,7H,5-6H2,1H3. The third-order valence-electron chi connectivity index (χ3n) is 2.30. The van der Waals surface area contributed by atoms with Gasteiger partial charge in [-0.1, -0.05) is 15.9 Å². The van der Waals surface area contributed by atoms with E-state index in [0.717, 1.165) is 0 Å². The minimum absolute atomic E-state index is 0.0777. The van der Waals surface area contributed by atoms with E-state index in [4.69, 9.17) is 4.74 Å². The molecule has 2 rings (SSSR count). The van der Waals surface area contributed by atoms with Gasteiger partial charge in [0, 0.05) is 24.0 Å². The molecule has 0 N–H and O–H groups in total. The molecule has 1 atom stereocenters. The molecule has 15 heavy (non-hydrogen) atoms. The van der Waals surface area contributed by atoms with Crippen LogP contribution in [-0.4, -0.2) is 29.4 Å². The van der Waals surface area contributed by atoms with Crippen molar-refractivity contribution in [1.82, 2.24) is 4.98 Å². The average Bonchev–Trinajstić information content (AvgIpc) is 2.57. The van der Waals surface area contributed by atoms with Crippen molar-refractivity contribution in [3.05, 3.63) is 18.3 Å². The smallest absolute Gasteiger partial charge is 0.229 e. The number of halogens is 1. The van der Waals surface area contributed by atoms with Crippen LogP contribution in [0.1, 0.15) is 6.42 Å². The highest BCUT2D eigenvalue weighted by Crippen LogP contribution is 2.30. The van der Waals surface area contributed by atoms with E-state index in [1.165, 1.54) is 0 Å². The summed E-state index contributed by atoms with van der Waals surface area (Å²) in [5, 5.41) is 0. The number of hydrogen-bond acceptors (Lipinski definition) is 3. The molecule has 2 heterocycles. The largest absolute Gasteiger partial charge is 0.493 e. The summed E-state index contributed by atoms with van der Waals surface area (Å²) >= 11 is 3.43. The lowest BCUT2D eigenvalue weighted by Crippen LogP contribution is -2.26. The fourth-order valence-corrected chi connectivity index (χ4v) is 2.18. The number of nitrogens with zero attached hydrogens (tertiary/aromatic N) is 2. The molecule has 1 saturated heterocycles. The summed E-state index contributed by atoms with van der Waals surface area (Å²) in [5.74, 6) is 1.31. The second-order valence-corrected chi connectivity index (χ2v) is 4.63. The summed E-state index contributed by atoms with van der Waals surface area (Å²) in [4.78, 5) is 17.7. The normalized spacial score (nSPS) is 20.8. The van der Waals surface area contributed by atoms with Crippen LogP contribution in [0.15, 0.2) is 18.3 Å². The zero-order valence-electron chi connectivity index (χ0n) is 8.31. The molecule has 1 unspecified atom stereocenters. The van der Waals surface area contributed by atoms with Crippen molar-refractivity contribution in [2.75, 3.05) is 18.6 Å². The zero-order valence-corrected chi connectivity index (χ0v) is 9.90. The van der Waals surface area contributed by atoms with Crippen molar-refractivity contribution >= 4 is 27.7 Å². The van der Waals surface area contributed by atoms with E-state index in [-0.39, 0.29) is 10.7 Å². The van der Waals surface area contributed by atoms with Gasteiger partial charge in [0.25, 0.3) is 0 Å². The Hall–Kier alpha value is -1.10. The predicted octanol–water partition coefficient (Wildman–Crippen LogP) is 1.59. The number of methoxy groups -OCH3 is 1. The van der Waals surface area contributed by atoms with Crippen LogP contribution in [0, 0.1) is 0 Å². The topological polar surface area (TPSA) is 42.4 Å². The summed E-state index contributed by atoms with van der Waals surface area (Å²) in [6.45, 7) is 0.645. The van der Waals surface area contributed by atoms with Gasteiger partial charge in [0.2, 0.25) is 5.91 Å². The van der Waals surface area contributed by atoms with Crippen molar-refractivity contribution in [1.29, 1.82) is 0 Å². The van der Waals surface area contributed by atoms with Crippen LogP contribution in [0.25, 0.3) is 0 Å². The van der Waals surface area contributed by atoms with Gasteiger partial charge in [0.1, 0.15) is 0 Å². The molecule has 0 aliphatic carbocycles. The lowest BCUT2D eigenvalue weighted by molar-refractivity contribution is -0.117. The van der Waals surface area contributed by atoms with Gasteiger partial charge in [-0.25, -0.2) is 4.98 Å². The quantitative estimate of drug-likeness (QED) is 0.767. The zero-order chi connectivity index (χ0) is 10.8. The molecule has 5 heteroatoms. The molecule has 4 nitrogen and oxygen atoms in total. The highest BCUT2D eigenvalue weighted by molar-refractivity contribution is 9.09. The fourth-order valence-electron chi connectivity index (χ4n) is 1.61. The highest BCUT2D eigenvalue weighted by atomic mass is 79.9. The van der Waals surface area contributed by atoms with E-state index in [9.17, 15) is 4.79 Å². The van der Waals surface area contributed by atoms with Crippen LogP contribution < -0.4 is 9.64 Å². The van der Waals surface area contributed by atoms with Gasteiger partial charge in [-0.3, -0.25) is 9.69 Å². The molecule has 0 radical (unpaired) electrons. The predicted molar refractivity (Wildman–Crippen MR) is 60.5 cm³/mol. The second-order valence-electron chi connectivity index (χ2n) is 3.34. The summed E-state index contributed by atoms with van der Waals surface area (Å²) in [7, 11) is 1.58. The highest BCUT2D eigenvalue weighted by Gasteiger charge is 2.31. The number of carbonyl (C=O) groups is 1. The maximum absolute atomic E-state index is 11.7. The van der Waals surface area contributed by atoms with Gasteiger partial charge in [0.05, 0.1) is 7.11 Å². The fraction of sp³-hybridized carbons (Fsp3) is 0.400. The van der Waals surface area contributed by atoms with Gasteiger partial charge in [-0.15, -0.1) is 0 Å². The van der Waals surface area contributed by atoms with Gasteiger partial charge < -0.3 is 4.74 Å². The van der Waals surface area contributed by atoms with E-state index in [1.54, 1.807) is 30.3 Å². The van der Waals surface area contributed by atoms with E-state index in [2.05, 4.69) is 20.9 Å². The Morgan fingerprint density at radius 1 is 1.67 bits per heavy atom. The first-order chi connectivity index (χ1) is 7.22. The van der Waals surface area contributed by atoms with E-state index >= 15 is 0 Å². The van der Waals surface area contributed by atoms with Gasteiger partial charge in [0.15, 0.2) is 11.6 Å². The van der Waals surface area contributed by atoms with Crippen LogP contribution in [0.2, 0.25) is 0 Å². The number of pyridine rings is 1. The Morgan fingerprint density at radius 2 is 2.47 bits per heavy atom. The second kappa shape index (κ2) is 4.18. The summed E-state index contributed by atoms with van der Waals surface area (Å²) in [6.07, 6.45) is 2.17. The monoisotopic (exact) mass is 270 g/mol. The molecule has 0 aromatic carbocycles. The van der Waals surface area contributed by atoms with Crippen LogP contribution in [-0.2, 0) is 4.79 Å². The van der Waals surface area contributed by atoms with Crippen LogP contribution >= 0.6 is 15.9 Å². The number of amides is 1. The molecule has 0 spiro atoms.